The molecule has 1 heterocycles. The Hall–Kier alpha value is -3.21. The maximum absolute atomic E-state index is 12.8. The van der Waals surface area contributed by atoms with E-state index in [9.17, 15) is 4.79 Å². The van der Waals surface area contributed by atoms with Crippen molar-refractivity contribution < 1.29 is 4.79 Å². The first kappa shape index (κ1) is 18.6. The number of carbonyl (C=O) groups excluding carboxylic acids is 1. The van der Waals surface area contributed by atoms with E-state index in [1.165, 1.54) is 0 Å². The van der Waals surface area contributed by atoms with Crippen molar-refractivity contribution in [1.82, 2.24) is 15.3 Å². The highest BCUT2D eigenvalue weighted by atomic mass is 16.1. The van der Waals surface area contributed by atoms with E-state index in [0.717, 1.165) is 17.7 Å². The minimum atomic E-state index is -0.165. The van der Waals surface area contributed by atoms with Crippen LogP contribution in [0, 0.1) is 0 Å². The first-order chi connectivity index (χ1) is 13.1. The molecule has 3 rings (SSSR count). The standard InChI is InChI=1S/C22H24N4O/c1-4-16(2)24-22(27)19-15-23-20(17-11-7-5-8-12-17)25-21(19)26(3)18-13-9-6-10-14-18/h5-16H,4H2,1-3H3,(H,24,27). The van der Waals surface area contributed by atoms with Crippen molar-refractivity contribution in [1.29, 1.82) is 0 Å². The van der Waals surface area contributed by atoms with Gasteiger partial charge in [0, 0.05) is 30.5 Å². The highest BCUT2D eigenvalue weighted by Gasteiger charge is 2.20. The summed E-state index contributed by atoms with van der Waals surface area (Å²) in [5.41, 5.74) is 2.32. The van der Waals surface area contributed by atoms with E-state index < -0.39 is 0 Å². The molecule has 0 aliphatic carbocycles. The molecule has 0 aliphatic heterocycles. The Labute approximate surface area is 160 Å². The number of hydrogen-bond donors (Lipinski definition) is 1. The summed E-state index contributed by atoms with van der Waals surface area (Å²) in [6, 6.07) is 19.7. The molecule has 1 amide bonds. The smallest absolute Gasteiger partial charge is 0.256 e. The average molecular weight is 360 g/mol. The van der Waals surface area contributed by atoms with Gasteiger partial charge in [-0.05, 0) is 25.5 Å². The van der Waals surface area contributed by atoms with Gasteiger partial charge in [0.1, 0.15) is 11.4 Å². The van der Waals surface area contributed by atoms with Crippen LogP contribution in [0.25, 0.3) is 11.4 Å². The van der Waals surface area contributed by atoms with Gasteiger partial charge in [0.25, 0.3) is 5.91 Å². The summed E-state index contributed by atoms with van der Waals surface area (Å²) in [7, 11) is 1.91. The number of rotatable bonds is 6. The van der Waals surface area contributed by atoms with Crippen LogP contribution in [0.4, 0.5) is 11.5 Å². The maximum Gasteiger partial charge on any atom is 0.256 e. The number of benzene rings is 2. The summed E-state index contributed by atoms with van der Waals surface area (Å²) in [5.74, 6) is 1.01. The van der Waals surface area contributed by atoms with Crippen LogP contribution in [0.1, 0.15) is 30.6 Å². The van der Waals surface area contributed by atoms with Crippen LogP contribution >= 0.6 is 0 Å². The molecule has 0 saturated heterocycles. The summed E-state index contributed by atoms with van der Waals surface area (Å²) in [6.45, 7) is 4.02. The van der Waals surface area contributed by atoms with Crippen molar-refractivity contribution in [2.24, 2.45) is 0 Å². The molecule has 138 valence electrons. The van der Waals surface area contributed by atoms with Crippen molar-refractivity contribution >= 4 is 17.4 Å². The lowest BCUT2D eigenvalue weighted by atomic mass is 10.1. The largest absolute Gasteiger partial charge is 0.349 e. The fourth-order valence-corrected chi connectivity index (χ4v) is 2.69. The molecular formula is C22H24N4O. The number of carbonyl (C=O) groups is 1. The van der Waals surface area contributed by atoms with Gasteiger partial charge in [0.15, 0.2) is 5.82 Å². The van der Waals surface area contributed by atoms with Crippen molar-refractivity contribution in [2.45, 2.75) is 26.3 Å². The third kappa shape index (κ3) is 4.31. The number of para-hydroxylation sites is 1. The molecule has 0 fully saturated rings. The van der Waals surface area contributed by atoms with Crippen LogP contribution in [-0.4, -0.2) is 29.0 Å². The van der Waals surface area contributed by atoms with E-state index in [1.54, 1.807) is 6.20 Å². The number of amides is 1. The Bertz CT molecular complexity index is 897. The first-order valence-corrected chi connectivity index (χ1v) is 9.12. The third-order valence-corrected chi connectivity index (χ3v) is 4.50. The Morgan fingerprint density at radius 2 is 1.70 bits per heavy atom. The van der Waals surface area contributed by atoms with Crippen LogP contribution < -0.4 is 10.2 Å². The molecule has 5 nitrogen and oxygen atoms in total. The summed E-state index contributed by atoms with van der Waals surface area (Å²) < 4.78 is 0. The third-order valence-electron chi connectivity index (χ3n) is 4.50. The summed E-state index contributed by atoms with van der Waals surface area (Å²) in [6.07, 6.45) is 2.47. The quantitative estimate of drug-likeness (QED) is 0.706. The van der Waals surface area contributed by atoms with E-state index >= 15 is 0 Å². The van der Waals surface area contributed by atoms with Gasteiger partial charge in [-0.2, -0.15) is 0 Å². The lowest BCUT2D eigenvalue weighted by Crippen LogP contribution is -2.33. The van der Waals surface area contributed by atoms with Gasteiger partial charge in [-0.15, -0.1) is 0 Å². The summed E-state index contributed by atoms with van der Waals surface area (Å²) >= 11 is 0. The van der Waals surface area contributed by atoms with Crippen molar-refractivity contribution in [3.63, 3.8) is 0 Å². The Balaban J connectivity index is 2.06. The van der Waals surface area contributed by atoms with Crippen molar-refractivity contribution in [2.75, 3.05) is 11.9 Å². The molecule has 3 aromatic rings. The van der Waals surface area contributed by atoms with Gasteiger partial charge in [-0.1, -0.05) is 55.5 Å². The van der Waals surface area contributed by atoms with Crippen LogP contribution in [0.5, 0.6) is 0 Å². The van der Waals surface area contributed by atoms with Gasteiger partial charge in [-0.25, -0.2) is 9.97 Å². The van der Waals surface area contributed by atoms with E-state index in [1.807, 2.05) is 86.5 Å². The zero-order valence-corrected chi connectivity index (χ0v) is 15.9. The van der Waals surface area contributed by atoms with Crippen LogP contribution in [0.3, 0.4) is 0 Å². The molecule has 0 radical (unpaired) electrons. The molecule has 1 N–H and O–H groups in total. The molecule has 27 heavy (non-hydrogen) atoms. The molecule has 5 heteroatoms. The highest BCUT2D eigenvalue weighted by Crippen LogP contribution is 2.27. The van der Waals surface area contributed by atoms with Crippen LogP contribution in [-0.2, 0) is 0 Å². The van der Waals surface area contributed by atoms with Gasteiger partial charge in [0.05, 0.1) is 0 Å². The highest BCUT2D eigenvalue weighted by molar-refractivity contribution is 5.99. The average Bonchev–Trinajstić information content (AvgIpc) is 2.73. The molecule has 1 atom stereocenters. The zero-order valence-electron chi connectivity index (χ0n) is 15.9. The number of hydrogen-bond acceptors (Lipinski definition) is 4. The SMILES string of the molecule is CCC(C)NC(=O)c1cnc(-c2ccccc2)nc1N(C)c1ccccc1. The fraction of sp³-hybridized carbons (Fsp3) is 0.227. The molecule has 0 spiro atoms. The normalized spacial score (nSPS) is 11.7. The molecule has 0 saturated carbocycles. The van der Waals surface area contributed by atoms with Gasteiger partial charge < -0.3 is 10.2 Å². The second-order valence-corrected chi connectivity index (χ2v) is 6.47. The number of nitrogens with zero attached hydrogens (tertiary/aromatic N) is 3. The monoisotopic (exact) mass is 360 g/mol. The Kier molecular flexibility index (Phi) is 5.81. The predicted octanol–water partition coefficient (Wildman–Crippen LogP) is 4.44. The second kappa shape index (κ2) is 8.45. The van der Waals surface area contributed by atoms with Gasteiger partial charge in [0.2, 0.25) is 0 Å². The molecule has 0 bridgehead atoms. The minimum absolute atomic E-state index is 0.0844. The number of anilines is 2. The molecule has 1 unspecified atom stereocenters. The van der Waals surface area contributed by atoms with Crippen molar-refractivity contribution in [3.05, 3.63) is 72.4 Å². The van der Waals surface area contributed by atoms with Crippen LogP contribution in [0.15, 0.2) is 66.9 Å². The second-order valence-electron chi connectivity index (χ2n) is 6.47. The first-order valence-electron chi connectivity index (χ1n) is 9.12. The van der Waals surface area contributed by atoms with Crippen molar-refractivity contribution in [3.8, 4) is 11.4 Å². The maximum atomic E-state index is 12.8. The number of nitrogens with one attached hydrogen (secondary N) is 1. The molecule has 0 aliphatic rings. The summed E-state index contributed by atoms with van der Waals surface area (Å²) in [4.78, 5) is 23.9. The van der Waals surface area contributed by atoms with E-state index in [2.05, 4.69) is 10.3 Å². The van der Waals surface area contributed by atoms with E-state index in [0.29, 0.717) is 17.2 Å². The minimum Gasteiger partial charge on any atom is -0.349 e. The Morgan fingerprint density at radius 1 is 1.07 bits per heavy atom. The lowest BCUT2D eigenvalue weighted by Gasteiger charge is -2.22. The molecular weight excluding hydrogens is 336 g/mol. The van der Waals surface area contributed by atoms with Gasteiger partial charge in [-0.3, -0.25) is 4.79 Å². The lowest BCUT2D eigenvalue weighted by molar-refractivity contribution is 0.0939. The van der Waals surface area contributed by atoms with Gasteiger partial charge >= 0.3 is 0 Å². The molecule has 2 aromatic carbocycles. The van der Waals surface area contributed by atoms with E-state index in [4.69, 9.17) is 4.98 Å². The van der Waals surface area contributed by atoms with Crippen LogP contribution in [0.2, 0.25) is 0 Å². The fourth-order valence-electron chi connectivity index (χ4n) is 2.69. The predicted molar refractivity (Wildman–Crippen MR) is 109 cm³/mol. The Morgan fingerprint density at radius 3 is 2.33 bits per heavy atom. The summed E-state index contributed by atoms with van der Waals surface area (Å²) in [5, 5.41) is 3.01. The zero-order chi connectivity index (χ0) is 19.2. The topological polar surface area (TPSA) is 58.1 Å². The number of aromatic nitrogens is 2. The molecule has 1 aromatic heterocycles. The van der Waals surface area contributed by atoms with E-state index in [-0.39, 0.29) is 11.9 Å².